The van der Waals surface area contributed by atoms with E-state index < -0.39 is 0 Å². The van der Waals surface area contributed by atoms with Gasteiger partial charge in [-0.15, -0.1) is 0 Å². The van der Waals surface area contributed by atoms with Gasteiger partial charge in [-0.25, -0.2) is 0 Å². The summed E-state index contributed by atoms with van der Waals surface area (Å²) < 4.78 is 22.0. The van der Waals surface area contributed by atoms with Gasteiger partial charge in [0.15, 0.2) is 0 Å². The second-order valence-corrected chi connectivity index (χ2v) is 9.67. The van der Waals surface area contributed by atoms with Crippen molar-refractivity contribution in [2.24, 2.45) is 0 Å². The Morgan fingerprint density at radius 3 is 1.02 bits per heavy atom. The molecule has 2 aromatic heterocycles. The Labute approximate surface area is 249 Å². The van der Waals surface area contributed by atoms with Crippen LogP contribution in [0.1, 0.15) is 76.9 Å². The van der Waals surface area contributed by atoms with E-state index in [4.69, 9.17) is 38.9 Å². The van der Waals surface area contributed by atoms with Gasteiger partial charge in [-0.2, -0.15) is 29.9 Å². The lowest BCUT2D eigenvalue weighted by atomic mass is 9.78. The van der Waals surface area contributed by atoms with Crippen LogP contribution in [-0.2, 0) is 18.9 Å². The van der Waals surface area contributed by atoms with Crippen LogP contribution in [0.4, 0.5) is 23.8 Å². The quantitative estimate of drug-likeness (QED) is 0.148. The van der Waals surface area contributed by atoms with E-state index in [9.17, 15) is 0 Å². The molecule has 1 aliphatic rings. The third-order valence-electron chi connectivity index (χ3n) is 6.67. The molecule has 1 aliphatic carbocycles. The predicted molar refractivity (Wildman–Crippen MR) is 164 cm³/mol. The monoisotopic (exact) mass is 590 g/mol. The maximum atomic E-state index is 5.49. The lowest BCUT2D eigenvalue weighted by Crippen LogP contribution is -2.24. The van der Waals surface area contributed by atoms with Gasteiger partial charge in [0.1, 0.15) is 11.6 Å². The Hall–Kier alpha value is -2.94. The molecule has 14 nitrogen and oxygen atoms in total. The summed E-state index contributed by atoms with van der Waals surface area (Å²) in [6.45, 7) is 15.2. The second kappa shape index (κ2) is 20.1. The molecule has 2 aromatic rings. The number of anilines is 4. The highest BCUT2D eigenvalue weighted by Crippen LogP contribution is 2.42. The first kappa shape index (κ1) is 33.6. The summed E-state index contributed by atoms with van der Waals surface area (Å²) >= 11 is 0. The van der Waals surface area contributed by atoms with Gasteiger partial charge in [-0.3, -0.25) is 0 Å². The van der Waals surface area contributed by atoms with Crippen molar-refractivity contribution in [2.75, 3.05) is 100 Å². The molecular formula is C28H50N10O4. The third-order valence-corrected chi connectivity index (χ3v) is 6.67. The number of ether oxygens (including phenoxy) is 4. The summed E-state index contributed by atoms with van der Waals surface area (Å²) in [4.78, 5) is 28.7. The van der Waals surface area contributed by atoms with Crippen molar-refractivity contribution in [3.8, 4) is 0 Å². The van der Waals surface area contributed by atoms with E-state index in [2.05, 4.69) is 31.2 Å². The predicted octanol–water partition coefficient (Wildman–Crippen LogP) is 3.29. The number of hydrogen-bond donors (Lipinski definition) is 4. The summed E-state index contributed by atoms with van der Waals surface area (Å²) in [7, 11) is 0. The molecule has 0 saturated heterocycles. The summed E-state index contributed by atoms with van der Waals surface area (Å²) in [5, 5.41) is 13.2. The standard InChI is InChI=1S/C28H50N10O4/c1-5-39-17-13-29-25-33-23(34-26(37-25)30-14-18-40-6-2)21-11-9-10-12-22(21)24-35-27(31-15-19-41-7-3)38-28(36-24)32-16-20-42-8-4/h21-22H,5-20H2,1-4H3,(H2,29,30,33,34,37)(H2,31,32,35,36,38). The normalized spacial score (nSPS) is 16.8. The molecule has 0 radical (unpaired) electrons. The summed E-state index contributed by atoms with van der Waals surface area (Å²) in [5.74, 6) is 3.60. The van der Waals surface area contributed by atoms with E-state index in [0.717, 1.165) is 37.3 Å². The van der Waals surface area contributed by atoms with Crippen molar-refractivity contribution in [3.05, 3.63) is 11.6 Å². The van der Waals surface area contributed by atoms with E-state index >= 15 is 0 Å². The molecular weight excluding hydrogens is 540 g/mol. The zero-order chi connectivity index (χ0) is 29.8. The van der Waals surface area contributed by atoms with Gasteiger partial charge in [0.25, 0.3) is 0 Å². The number of rotatable bonds is 22. The molecule has 1 saturated carbocycles. The molecule has 2 atom stereocenters. The molecule has 0 aromatic carbocycles. The molecule has 1 fully saturated rings. The van der Waals surface area contributed by atoms with Crippen molar-refractivity contribution in [1.82, 2.24) is 29.9 Å². The summed E-state index contributed by atoms with van der Waals surface area (Å²) in [6, 6.07) is 0. The average Bonchev–Trinajstić information content (AvgIpc) is 3.02. The van der Waals surface area contributed by atoms with Crippen molar-refractivity contribution >= 4 is 23.8 Å². The van der Waals surface area contributed by atoms with Crippen LogP contribution in [0.2, 0.25) is 0 Å². The van der Waals surface area contributed by atoms with Crippen LogP contribution >= 0.6 is 0 Å². The van der Waals surface area contributed by atoms with Gasteiger partial charge >= 0.3 is 0 Å². The Kier molecular flexibility index (Phi) is 16.0. The second-order valence-electron chi connectivity index (χ2n) is 9.67. The minimum Gasteiger partial charge on any atom is -0.380 e. The Morgan fingerprint density at radius 2 is 0.762 bits per heavy atom. The number of nitrogens with one attached hydrogen (secondary N) is 4. The highest BCUT2D eigenvalue weighted by atomic mass is 16.5. The molecule has 42 heavy (non-hydrogen) atoms. The van der Waals surface area contributed by atoms with Gasteiger partial charge in [0.05, 0.1) is 26.4 Å². The highest BCUT2D eigenvalue weighted by Gasteiger charge is 2.33. The Bertz CT molecular complexity index is 879. The highest BCUT2D eigenvalue weighted by molar-refractivity contribution is 5.38. The van der Waals surface area contributed by atoms with E-state index in [1.54, 1.807) is 0 Å². The van der Waals surface area contributed by atoms with Crippen LogP contribution in [0.3, 0.4) is 0 Å². The summed E-state index contributed by atoms with van der Waals surface area (Å²) in [6.07, 6.45) is 4.02. The lowest BCUT2D eigenvalue weighted by Gasteiger charge is -2.30. The van der Waals surface area contributed by atoms with E-state index in [-0.39, 0.29) is 11.8 Å². The van der Waals surface area contributed by atoms with Crippen molar-refractivity contribution < 1.29 is 18.9 Å². The Balaban J connectivity index is 1.87. The largest absolute Gasteiger partial charge is 0.380 e. The first-order valence-electron chi connectivity index (χ1n) is 15.5. The first-order chi connectivity index (χ1) is 20.7. The van der Waals surface area contributed by atoms with Crippen molar-refractivity contribution in [1.29, 1.82) is 0 Å². The van der Waals surface area contributed by atoms with Gasteiger partial charge < -0.3 is 40.2 Å². The summed E-state index contributed by atoms with van der Waals surface area (Å²) in [5.41, 5.74) is 0. The van der Waals surface area contributed by atoms with Gasteiger partial charge in [-0.05, 0) is 40.5 Å². The minimum absolute atomic E-state index is 0.0246. The zero-order valence-electron chi connectivity index (χ0n) is 25.8. The molecule has 14 heteroatoms. The molecule has 2 unspecified atom stereocenters. The van der Waals surface area contributed by atoms with E-state index in [1.165, 1.54) is 0 Å². The molecule has 0 bridgehead atoms. The van der Waals surface area contributed by atoms with Crippen LogP contribution in [0.5, 0.6) is 0 Å². The van der Waals surface area contributed by atoms with Crippen LogP contribution < -0.4 is 21.3 Å². The van der Waals surface area contributed by atoms with Crippen LogP contribution in [0.15, 0.2) is 0 Å². The van der Waals surface area contributed by atoms with Crippen molar-refractivity contribution in [2.45, 2.75) is 65.2 Å². The molecule has 3 rings (SSSR count). The van der Waals surface area contributed by atoms with E-state index in [1.807, 2.05) is 27.7 Å². The van der Waals surface area contributed by atoms with Gasteiger partial charge in [0, 0.05) is 64.4 Å². The smallest absolute Gasteiger partial charge is 0.227 e. The van der Waals surface area contributed by atoms with Crippen molar-refractivity contribution in [3.63, 3.8) is 0 Å². The molecule has 0 spiro atoms. The van der Waals surface area contributed by atoms with Gasteiger partial charge in [-0.1, -0.05) is 12.8 Å². The van der Waals surface area contributed by atoms with E-state index in [0.29, 0.717) is 103 Å². The number of hydrogen-bond acceptors (Lipinski definition) is 14. The fourth-order valence-electron chi connectivity index (χ4n) is 4.70. The van der Waals surface area contributed by atoms with Crippen LogP contribution in [0, 0.1) is 0 Å². The fraction of sp³-hybridized carbons (Fsp3) is 0.786. The van der Waals surface area contributed by atoms with Crippen LogP contribution in [-0.4, -0.2) is 109 Å². The zero-order valence-corrected chi connectivity index (χ0v) is 25.8. The topological polar surface area (TPSA) is 162 Å². The average molecular weight is 591 g/mol. The van der Waals surface area contributed by atoms with Crippen LogP contribution in [0.25, 0.3) is 0 Å². The third kappa shape index (κ3) is 11.7. The lowest BCUT2D eigenvalue weighted by molar-refractivity contribution is 0.157. The fourth-order valence-corrected chi connectivity index (χ4v) is 4.70. The number of nitrogens with zero attached hydrogens (tertiary/aromatic N) is 6. The number of aromatic nitrogens is 6. The minimum atomic E-state index is 0.0246. The maximum Gasteiger partial charge on any atom is 0.227 e. The first-order valence-corrected chi connectivity index (χ1v) is 15.5. The molecule has 236 valence electrons. The van der Waals surface area contributed by atoms with Gasteiger partial charge in [0.2, 0.25) is 23.8 Å². The SMILES string of the molecule is CCOCCNc1nc(NCCOCC)nc(C2CCCCC2c2nc(NCCOCC)nc(NCCOCC)n2)n1. The Morgan fingerprint density at radius 1 is 0.476 bits per heavy atom. The molecule has 0 amide bonds. The molecule has 0 aliphatic heterocycles. The molecule has 4 N–H and O–H groups in total. The maximum absolute atomic E-state index is 5.49. The molecule has 2 heterocycles.